The number of hydrogen-bond donors (Lipinski definition) is 1. The first-order valence-electron chi connectivity index (χ1n) is 6.95. The largest absolute Gasteiger partial charge is 0.353 e. The quantitative estimate of drug-likeness (QED) is 0.821. The van der Waals surface area contributed by atoms with Crippen LogP contribution in [-0.2, 0) is 10.5 Å². The number of thioether (sulfide) groups is 1. The van der Waals surface area contributed by atoms with Gasteiger partial charge in [0, 0.05) is 11.8 Å². The van der Waals surface area contributed by atoms with Crippen molar-refractivity contribution >= 4 is 17.7 Å². The zero-order valence-electron chi connectivity index (χ0n) is 12.5. The fourth-order valence-corrected chi connectivity index (χ4v) is 3.01. The zero-order valence-corrected chi connectivity index (χ0v) is 13.3. The predicted molar refractivity (Wildman–Crippen MR) is 84.6 cm³/mol. The molecule has 1 N–H and O–H groups in total. The lowest BCUT2D eigenvalue weighted by atomic mass is 10.1. The van der Waals surface area contributed by atoms with Crippen LogP contribution in [0.1, 0.15) is 43.4 Å². The lowest BCUT2D eigenvalue weighted by Gasteiger charge is -2.12. The summed E-state index contributed by atoms with van der Waals surface area (Å²) in [6, 6.07) is 6.85. The van der Waals surface area contributed by atoms with Crippen LogP contribution in [0, 0.1) is 13.8 Å². The third kappa shape index (κ3) is 6.67. The van der Waals surface area contributed by atoms with E-state index >= 15 is 0 Å². The van der Waals surface area contributed by atoms with Crippen LogP contribution in [0.25, 0.3) is 0 Å². The minimum Gasteiger partial charge on any atom is -0.353 e. The van der Waals surface area contributed by atoms with Crippen molar-refractivity contribution in [2.75, 3.05) is 5.75 Å². The molecule has 0 saturated carbocycles. The number of carbonyl (C=O) groups is 1. The number of carbonyl (C=O) groups excluding carboxylic acids is 1. The first kappa shape index (κ1) is 16.1. The van der Waals surface area contributed by atoms with Crippen LogP contribution in [0.15, 0.2) is 18.2 Å². The van der Waals surface area contributed by atoms with Gasteiger partial charge >= 0.3 is 0 Å². The van der Waals surface area contributed by atoms with Crippen molar-refractivity contribution in [3.05, 3.63) is 34.9 Å². The Balaban J connectivity index is 2.31. The summed E-state index contributed by atoms with van der Waals surface area (Å²) < 4.78 is 0. The standard InChI is InChI=1S/C16H25NOS/c1-5-6-14(4)17-16(18)11-19-10-15-8-12(2)7-13(3)9-15/h7-9,14H,5-6,10-11H2,1-4H3,(H,17,18)/t14-/m1/s1. The van der Waals surface area contributed by atoms with E-state index in [0.717, 1.165) is 18.6 Å². The Bertz CT molecular complexity index is 397. The van der Waals surface area contributed by atoms with Gasteiger partial charge in [0.15, 0.2) is 0 Å². The molecule has 1 aromatic rings. The van der Waals surface area contributed by atoms with Crippen molar-refractivity contribution in [1.29, 1.82) is 0 Å². The molecular weight excluding hydrogens is 254 g/mol. The molecule has 0 saturated heterocycles. The molecule has 0 unspecified atom stereocenters. The summed E-state index contributed by atoms with van der Waals surface area (Å²) in [6.07, 6.45) is 2.16. The van der Waals surface area contributed by atoms with E-state index in [4.69, 9.17) is 0 Å². The van der Waals surface area contributed by atoms with Gasteiger partial charge in [0.05, 0.1) is 5.75 Å². The second kappa shape index (κ2) is 8.26. The number of benzene rings is 1. The van der Waals surface area contributed by atoms with Gasteiger partial charge in [-0.1, -0.05) is 42.7 Å². The summed E-state index contributed by atoms with van der Waals surface area (Å²) in [5.41, 5.74) is 3.88. The molecular formula is C16H25NOS. The minimum atomic E-state index is 0.148. The average Bonchev–Trinajstić information content (AvgIpc) is 2.27. The van der Waals surface area contributed by atoms with E-state index in [0.29, 0.717) is 11.8 Å². The van der Waals surface area contributed by atoms with Crippen LogP contribution in [0.2, 0.25) is 0 Å². The van der Waals surface area contributed by atoms with E-state index < -0.39 is 0 Å². The minimum absolute atomic E-state index is 0.148. The predicted octanol–water partition coefficient (Wildman–Crippen LogP) is 3.84. The highest BCUT2D eigenvalue weighted by Crippen LogP contribution is 2.15. The van der Waals surface area contributed by atoms with Gasteiger partial charge in [-0.2, -0.15) is 0 Å². The van der Waals surface area contributed by atoms with Crippen LogP contribution in [0.4, 0.5) is 0 Å². The van der Waals surface area contributed by atoms with E-state index in [2.05, 4.69) is 51.2 Å². The monoisotopic (exact) mass is 279 g/mol. The molecule has 106 valence electrons. The molecule has 0 aromatic heterocycles. The SMILES string of the molecule is CCC[C@@H](C)NC(=O)CSCc1cc(C)cc(C)c1. The Morgan fingerprint density at radius 2 is 1.89 bits per heavy atom. The van der Waals surface area contributed by atoms with Crippen LogP contribution < -0.4 is 5.32 Å². The molecule has 0 fully saturated rings. The molecule has 1 amide bonds. The normalized spacial score (nSPS) is 12.2. The molecule has 3 heteroatoms. The van der Waals surface area contributed by atoms with Gasteiger partial charge in [0.1, 0.15) is 0 Å². The van der Waals surface area contributed by atoms with Gasteiger partial charge in [0.25, 0.3) is 0 Å². The Morgan fingerprint density at radius 1 is 1.26 bits per heavy atom. The third-order valence-corrected chi connectivity index (χ3v) is 3.92. The molecule has 0 bridgehead atoms. The van der Waals surface area contributed by atoms with Crippen molar-refractivity contribution in [1.82, 2.24) is 5.32 Å². The van der Waals surface area contributed by atoms with Crippen molar-refractivity contribution < 1.29 is 4.79 Å². The molecule has 0 aliphatic carbocycles. The molecule has 19 heavy (non-hydrogen) atoms. The van der Waals surface area contributed by atoms with Gasteiger partial charge in [0.2, 0.25) is 5.91 Å². The molecule has 1 rings (SSSR count). The number of hydrogen-bond acceptors (Lipinski definition) is 2. The van der Waals surface area contributed by atoms with Crippen molar-refractivity contribution in [2.45, 2.75) is 52.3 Å². The van der Waals surface area contributed by atoms with Crippen molar-refractivity contribution in [3.63, 3.8) is 0 Å². The number of amides is 1. The van der Waals surface area contributed by atoms with Crippen LogP contribution >= 0.6 is 11.8 Å². The van der Waals surface area contributed by atoms with Crippen LogP contribution in [0.3, 0.4) is 0 Å². The molecule has 0 radical (unpaired) electrons. The van der Waals surface area contributed by atoms with Crippen LogP contribution in [0.5, 0.6) is 0 Å². The maximum Gasteiger partial charge on any atom is 0.230 e. The highest BCUT2D eigenvalue weighted by molar-refractivity contribution is 7.99. The third-order valence-electron chi connectivity index (χ3n) is 2.91. The Hall–Kier alpha value is -0.960. The second-order valence-electron chi connectivity index (χ2n) is 5.25. The van der Waals surface area contributed by atoms with Gasteiger partial charge < -0.3 is 5.32 Å². The maximum atomic E-state index is 11.7. The smallest absolute Gasteiger partial charge is 0.230 e. The van der Waals surface area contributed by atoms with E-state index in [-0.39, 0.29) is 5.91 Å². The summed E-state index contributed by atoms with van der Waals surface area (Å²) in [6.45, 7) is 8.42. The lowest BCUT2D eigenvalue weighted by Crippen LogP contribution is -2.33. The Labute approximate surface area is 121 Å². The summed E-state index contributed by atoms with van der Waals surface area (Å²) in [5, 5.41) is 3.03. The first-order chi connectivity index (χ1) is 9.01. The zero-order chi connectivity index (χ0) is 14.3. The number of rotatable bonds is 7. The highest BCUT2D eigenvalue weighted by Gasteiger charge is 2.06. The second-order valence-corrected chi connectivity index (χ2v) is 6.23. The van der Waals surface area contributed by atoms with E-state index in [1.807, 2.05) is 0 Å². The molecule has 0 aliphatic rings. The van der Waals surface area contributed by atoms with E-state index in [1.54, 1.807) is 11.8 Å². The van der Waals surface area contributed by atoms with Crippen molar-refractivity contribution in [3.8, 4) is 0 Å². The molecule has 1 aromatic carbocycles. The van der Waals surface area contributed by atoms with Crippen LogP contribution in [-0.4, -0.2) is 17.7 Å². The summed E-state index contributed by atoms with van der Waals surface area (Å²) >= 11 is 1.68. The molecule has 0 aliphatic heterocycles. The maximum absolute atomic E-state index is 11.7. The number of aryl methyl sites for hydroxylation is 2. The van der Waals surface area contributed by atoms with Crippen molar-refractivity contribution in [2.24, 2.45) is 0 Å². The summed E-state index contributed by atoms with van der Waals surface area (Å²) in [7, 11) is 0. The average molecular weight is 279 g/mol. The first-order valence-corrected chi connectivity index (χ1v) is 8.11. The summed E-state index contributed by atoms with van der Waals surface area (Å²) in [5.74, 6) is 1.59. The summed E-state index contributed by atoms with van der Waals surface area (Å²) in [4.78, 5) is 11.7. The fourth-order valence-electron chi connectivity index (χ4n) is 2.24. The molecule has 0 spiro atoms. The fraction of sp³-hybridized carbons (Fsp3) is 0.562. The number of nitrogens with one attached hydrogen (secondary N) is 1. The molecule has 2 nitrogen and oxygen atoms in total. The van der Waals surface area contributed by atoms with Gasteiger partial charge in [-0.05, 0) is 32.8 Å². The Kier molecular flexibility index (Phi) is 7.00. The molecule has 1 atom stereocenters. The highest BCUT2D eigenvalue weighted by atomic mass is 32.2. The Morgan fingerprint density at radius 3 is 2.47 bits per heavy atom. The molecule has 0 heterocycles. The van der Waals surface area contributed by atoms with Gasteiger partial charge in [-0.3, -0.25) is 4.79 Å². The van der Waals surface area contributed by atoms with E-state index in [1.165, 1.54) is 16.7 Å². The van der Waals surface area contributed by atoms with Gasteiger partial charge in [-0.15, -0.1) is 11.8 Å². The van der Waals surface area contributed by atoms with E-state index in [9.17, 15) is 4.79 Å². The lowest BCUT2D eigenvalue weighted by molar-refractivity contribution is -0.119. The van der Waals surface area contributed by atoms with Gasteiger partial charge in [-0.25, -0.2) is 0 Å². The topological polar surface area (TPSA) is 29.1 Å².